The maximum atomic E-state index is 5.55. The summed E-state index contributed by atoms with van der Waals surface area (Å²) in [4.78, 5) is 4.72. The first kappa shape index (κ1) is 11.3. The molecule has 0 bridgehead atoms. The first-order valence-corrected chi connectivity index (χ1v) is 6.15. The number of rotatable bonds is 5. The summed E-state index contributed by atoms with van der Waals surface area (Å²) in [7, 11) is 0. The van der Waals surface area contributed by atoms with E-state index in [0.29, 0.717) is 16.7 Å². The van der Waals surface area contributed by atoms with E-state index in [1.165, 1.54) is 19.3 Å². The van der Waals surface area contributed by atoms with Crippen molar-refractivity contribution in [3.05, 3.63) is 23.9 Å². The van der Waals surface area contributed by atoms with Gasteiger partial charge in [-0.3, -0.25) is 0 Å². The number of hydrogen-bond acceptors (Lipinski definition) is 3. The van der Waals surface area contributed by atoms with E-state index < -0.39 is 0 Å². The molecule has 2 unspecified atom stereocenters. The molecule has 0 aliphatic heterocycles. The van der Waals surface area contributed by atoms with Gasteiger partial charge in [0.05, 0.1) is 5.69 Å². The number of anilines is 1. The highest BCUT2D eigenvalue weighted by Gasteiger charge is 2.36. The minimum atomic E-state index is 0.351. The molecule has 1 aliphatic carbocycles. The topological polar surface area (TPSA) is 50.9 Å². The molecule has 1 aromatic rings. The molecule has 3 nitrogen and oxygen atoms in total. The van der Waals surface area contributed by atoms with E-state index in [0.717, 1.165) is 11.7 Å². The highest BCUT2D eigenvalue weighted by molar-refractivity contribution is 7.80. The first-order valence-electron chi connectivity index (χ1n) is 5.74. The minimum Gasteiger partial charge on any atom is -0.388 e. The van der Waals surface area contributed by atoms with Crippen molar-refractivity contribution in [2.45, 2.75) is 32.2 Å². The van der Waals surface area contributed by atoms with Gasteiger partial charge < -0.3 is 11.1 Å². The third kappa shape index (κ3) is 2.70. The van der Waals surface area contributed by atoms with Gasteiger partial charge in [-0.2, -0.15) is 0 Å². The van der Waals surface area contributed by atoms with Crippen LogP contribution in [-0.2, 0) is 0 Å². The van der Waals surface area contributed by atoms with Crippen molar-refractivity contribution in [3.8, 4) is 0 Å². The van der Waals surface area contributed by atoms with E-state index >= 15 is 0 Å². The molecular formula is C12H17N3S. The van der Waals surface area contributed by atoms with Gasteiger partial charge in [-0.05, 0) is 30.9 Å². The lowest BCUT2D eigenvalue weighted by molar-refractivity contribution is 0.692. The van der Waals surface area contributed by atoms with Gasteiger partial charge in [-0.1, -0.05) is 31.6 Å². The van der Waals surface area contributed by atoms with E-state index in [2.05, 4.69) is 17.2 Å². The second kappa shape index (κ2) is 4.78. The predicted octanol–water partition coefficient (Wildman–Crippen LogP) is 2.32. The van der Waals surface area contributed by atoms with Gasteiger partial charge in [0.1, 0.15) is 10.8 Å². The number of pyridine rings is 1. The molecule has 16 heavy (non-hydrogen) atoms. The zero-order chi connectivity index (χ0) is 11.5. The molecule has 0 spiro atoms. The highest BCUT2D eigenvalue weighted by Crippen LogP contribution is 2.36. The quantitative estimate of drug-likeness (QED) is 0.769. The van der Waals surface area contributed by atoms with Crippen molar-refractivity contribution in [1.82, 2.24) is 4.98 Å². The highest BCUT2D eigenvalue weighted by atomic mass is 32.1. The van der Waals surface area contributed by atoms with Crippen molar-refractivity contribution in [3.63, 3.8) is 0 Å². The van der Waals surface area contributed by atoms with Crippen LogP contribution < -0.4 is 11.1 Å². The molecule has 2 atom stereocenters. The summed E-state index contributed by atoms with van der Waals surface area (Å²) in [5, 5.41) is 3.42. The van der Waals surface area contributed by atoms with Gasteiger partial charge in [-0.15, -0.1) is 0 Å². The van der Waals surface area contributed by atoms with Crippen LogP contribution in [0.4, 0.5) is 5.82 Å². The average Bonchev–Trinajstić information content (AvgIpc) is 2.97. The molecular weight excluding hydrogens is 218 g/mol. The van der Waals surface area contributed by atoms with Crippen molar-refractivity contribution >= 4 is 23.0 Å². The smallest absolute Gasteiger partial charge is 0.126 e. The van der Waals surface area contributed by atoms with Crippen LogP contribution in [0.25, 0.3) is 0 Å². The van der Waals surface area contributed by atoms with Crippen LogP contribution >= 0.6 is 12.2 Å². The number of hydrogen-bond donors (Lipinski definition) is 2. The fourth-order valence-electron chi connectivity index (χ4n) is 1.96. The molecule has 3 N–H and O–H groups in total. The van der Waals surface area contributed by atoms with Crippen LogP contribution in [0.2, 0.25) is 0 Å². The molecule has 1 saturated carbocycles. The largest absolute Gasteiger partial charge is 0.388 e. The second-order valence-electron chi connectivity index (χ2n) is 4.31. The molecule has 0 radical (unpaired) electrons. The van der Waals surface area contributed by atoms with Gasteiger partial charge >= 0.3 is 0 Å². The van der Waals surface area contributed by atoms with Crippen LogP contribution in [0.3, 0.4) is 0 Å². The fraction of sp³-hybridized carbons (Fsp3) is 0.500. The maximum absolute atomic E-state index is 5.55. The van der Waals surface area contributed by atoms with Crippen LogP contribution in [0, 0.1) is 5.92 Å². The van der Waals surface area contributed by atoms with Crippen LogP contribution in [0.1, 0.15) is 31.9 Å². The number of nitrogens with one attached hydrogen (secondary N) is 1. The Bertz CT molecular complexity index is 392. The molecule has 4 heteroatoms. The van der Waals surface area contributed by atoms with Crippen molar-refractivity contribution in [2.75, 3.05) is 5.32 Å². The van der Waals surface area contributed by atoms with E-state index in [1.807, 2.05) is 18.2 Å². The van der Waals surface area contributed by atoms with Crippen LogP contribution in [0.15, 0.2) is 18.2 Å². The Balaban J connectivity index is 1.95. The lowest BCUT2D eigenvalue weighted by Crippen LogP contribution is -2.13. The average molecular weight is 235 g/mol. The Hall–Kier alpha value is -1.16. The molecule has 86 valence electrons. The Labute approximate surface area is 101 Å². The number of thiocarbonyl (C=S) groups is 1. The zero-order valence-corrected chi connectivity index (χ0v) is 10.3. The number of nitrogens with zero attached hydrogens (tertiary/aromatic N) is 1. The van der Waals surface area contributed by atoms with Crippen molar-refractivity contribution < 1.29 is 0 Å². The summed E-state index contributed by atoms with van der Waals surface area (Å²) in [5.41, 5.74) is 6.23. The monoisotopic (exact) mass is 235 g/mol. The molecule has 1 heterocycles. The summed E-state index contributed by atoms with van der Waals surface area (Å²) in [5.74, 6) is 1.70. The van der Waals surface area contributed by atoms with E-state index in [-0.39, 0.29) is 0 Å². The third-order valence-electron chi connectivity index (χ3n) is 2.92. The van der Waals surface area contributed by atoms with Gasteiger partial charge in [0, 0.05) is 6.04 Å². The van der Waals surface area contributed by atoms with E-state index in [1.54, 1.807) is 0 Å². The number of nitrogens with two attached hydrogens (primary N) is 1. The van der Waals surface area contributed by atoms with Crippen molar-refractivity contribution in [2.24, 2.45) is 11.7 Å². The summed E-state index contributed by atoms with van der Waals surface area (Å²) in [6, 6.07) is 6.32. The molecule has 1 aromatic heterocycles. The summed E-state index contributed by atoms with van der Waals surface area (Å²) in [6.07, 6.45) is 3.81. The first-order chi connectivity index (χ1) is 7.70. The maximum Gasteiger partial charge on any atom is 0.126 e. The lowest BCUT2D eigenvalue weighted by Gasteiger charge is -2.06. The minimum absolute atomic E-state index is 0.351. The standard InChI is InChI=1S/C12H17N3S/c1-2-4-8-7-10(8)15-11-6-3-5-9(14-11)12(13)16/h3,5-6,8,10H,2,4,7H2,1H3,(H2,13,16)(H,14,15). The Morgan fingerprint density at radius 1 is 1.62 bits per heavy atom. The van der Waals surface area contributed by atoms with Gasteiger partial charge in [0.15, 0.2) is 0 Å². The molecule has 1 aliphatic rings. The molecule has 1 fully saturated rings. The lowest BCUT2D eigenvalue weighted by atomic mass is 10.2. The summed E-state index contributed by atoms with van der Waals surface area (Å²) < 4.78 is 0. The molecule has 0 aromatic carbocycles. The molecule has 2 rings (SSSR count). The van der Waals surface area contributed by atoms with E-state index in [9.17, 15) is 0 Å². The van der Waals surface area contributed by atoms with Gasteiger partial charge in [0.25, 0.3) is 0 Å². The summed E-state index contributed by atoms with van der Waals surface area (Å²) >= 11 is 4.90. The Kier molecular flexibility index (Phi) is 3.39. The van der Waals surface area contributed by atoms with E-state index in [4.69, 9.17) is 18.0 Å². The van der Waals surface area contributed by atoms with Gasteiger partial charge in [0.2, 0.25) is 0 Å². The van der Waals surface area contributed by atoms with Crippen molar-refractivity contribution in [1.29, 1.82) is 0 Å². The normalized spacial score (nSPS) is 22.8. The van der Waals surface area contributed by atoms with Crippen LogP contribution in [-0.4, -0.2) is 16.0 Å². The zero-order valence-electron chi connectivity index (χ0n) is 9.44. The van der Waals surface area contributed by atoms with Crippen LogP contribution in [0.5, 0.6) is 0 Å². The Morgan fingerprint density at radius 3 is 3.12 bits per heavy atom. The number of aromatic nitrogens is 1. The second-order valence-corrected chi connectivity index (χ2v) is 4.75. The SMILES string of the molecule is CCCC1CC1Nc1cccc(C(N)=S)n1. The fourth-order valence-corrected chi connectivity index (χ4v) is 2.07. The Morgan fingerprint density at radius 2 is 2.44 bits per heavy atom. The molecule has 0 amide bonds. The summed E-state index contributed by atoms with van der Waals surface area (Å²) in [6.45, 7) is 2.22. The third-order valence-corrected chi connectivity index (χ3v) is 3.13. The molecule has 0 saturated heterocycles. The van der Waals surface area contributed by atoms with Gasteiger partial charge in [-0.25, -0.2) is 4.98 Å². The predicted molar refractivity (Wildman–Crippen MR) is 70.6 cm³/mol.